The van der Waals surface area contributed by atoms with Crippen LogP contribution in [-0.4, -0.2) is 32.7 Å². The molecule has 0 atom stereocenters. The van der Waals surface area contributed by atoms with Gasteiger partial charge in [-0.2, -0.15) is 5.26 Å². The van der Waals surface area contributed by atoms with Gasteiger partial charge in [0.1, 0.15) is 15.9 Å². The quantitative estimate of drug-likeness (QED) is 0.561. The first-order valence-corrected chi connectivity index (χ1v) is 9.18. The van der Waals surface area contributed by atoms with Crippen LogP contribution in [0, 0.1) is 18.3 Å². The van der Waals surface area contributed by atoms with Gasteiger partial charge in [-0.1, -0.05) is 6.07 Å². The van der Waals surface area contributed by atoms with E-state index < -0.39 is 11.9 Å². The number of anilines is 1. The second kappa shape index (κ2) is 9.58. The zero-order valence-electron chi connectivity index (χ0n) is 16.0. The lowest BCUT2D eigenvalue weighted by atomic mass is 10.1. The summed E-state index contributed by atoms with van der Waals surface area (Å²) in [5.41, 5.74) is 1.48. The fraction of sp³-hybridized carbons (Fsp3) is 0.250. The van der Waals surface area contributed by atoms with Crippen molar-refractivity contribution in [3.63, 3.8) is 0 Å². The van der Waals surface area contributed by atoms with E-state index in [4.69, 9.17) is 14.2 Å². The van der Waals surface area contributed by atoms with Crippen LogP contribution >= 0.6 is 11.3 Å². The molecule has 1 amide bonds. The first-order valence-electron chi connectivity index (χ1n) is 8.36. The summed E-state index contributed by atoms with van der Waals surface area (Å²) in [7, 11) is 3.07. The number of esters is 1. The van der Waals surface area contributed by atoms with Crippen LogP contribution < -0.4 is 14.8 Å². The third-order valence-electron chi connectivity index (χ3n) is 3.79. The Kier molecular flexibility index (Phi) is 7.18. The molecule has 0 spiro atoms. The number of ether oxygens (including phenoxy) is 3. The highest BCUT2D eigenvalue weighted by Gasteiger charge is 2.21. The maximum absolute atomic E-state index is 12.3. The highest BCUT2D eigenvalue weighted by atomic mass is 32.1. The Hall–Kier alpha value is -3.31. The Bertz CT molecular complexity index is 956. The van der Waals surface area contributed by atoms with Crippen LogP contribution in [0.1, 0.15) is 33.3 Å². The van der Waals surface area contributed by atoms with Crippen molar-refractivity contribution in [2.75, 3.05) is 26.1 Å². The van der Waals surface area contributed by atoms with E-state index in [9.17, 15) is 14.9 Å². The summed E-state index contributed by atoms with van der Waals surface area (Å²) in [6.45, 7) is 3.58. The van der Waals surface area contributed by atoms with E-state index in [0.29, 0.717) is 26.9 Å². The number of amides is 1. The molecule has 1 aromatic carbocycles. The maximum Gasteiger partial charge on any atom is 0.348 e. The van der Waals surface area contributed by atoms with Crippen LogP contribution in [0.3, 0.4) is 0 Å². The Labute approximate surface area is 167 Å². The van der Waals surface area contributed by atoms with Gasteiger partial charge in [0.2, 0.25) is 5.91 Å². The summed E-state index contributed by atoms with van der Waals surface area (Å²) >= 11 is 1.02. The Morgan fingerprint density at radius 1 is 1.25 bits per heavy atom. The van der Waals surface area contributed by atoms with Gasteiger partial charge < -0.3 is 19.5 Å². The molecule has 7 nitrogen and oxygen atoms in total. The second-order valence-electron chi connectivity index (χ2n) is 5.53. The van der Waals surface area contributed by atoms with Crippen LogP contribution in [0.2, 0.25) is 0 Å². The highest BCUT2D eigenvalue weighted by Crippen LogP contribution is 2.33. The van der Waals surface area contributed by atoms with Crippen molar-refractivity contribution in [1.29, 1.82) is 5.26 Å². The molecule has 0 fully saturated rings. The first-order chi connectivity index (χ1) is 13.4. The monoisotopic (exact) mass is 400 g/mol. The number of methoxy groups -OCH3 is 2. The third-order valence-corrected chi connectivity index (χ3v) is 4.98. The average Bonchev–Trinajstić information content (AvgIpc) is 3.01. The lowest BCUT2D eigenvalue weighted by Gasteiger charge is -2.07. The molecule has 2 aromatic rings. The van der Waals surface area contributed by atoms with Crippen LogP contribution in [0.4, 0.5) is 5.00 Å². The van der Waals surface area contributed by atoms with Crippen molar-refractivity contribution >= 4 is 34.3 Å². The zero-order valence-corrected chi connectivity index (χ0v) is 16.8. The van der Waals surface area contributed by atoms with Crippen molar-refractivity contribution in [2.24, 2.45) is 0 Å². The van der Waals surface area contributed by atoms with Crippen molar-refractivity contribution in [3.8, 4) is 17.6 Å². The maximum atomic E-state index is 12.3. The van der Waals surface area contributed by atoms with Crippen LogP contribution in [0.5, 0.6) is 11.5 Å². The summed E-state index contributed by atoms with van der Waals surface area (Å²) in [6, 6.07) is 7.27. The van der Waals surface area contributed by atoms with Crippen molar-refractivity contribution in [1.82, 2.24) is 0 Å². The average molecular weight is 400 g/mol. The topological polar surface area (TPSA) is 97.7 Å². The SMILES string of the molecule is CCOC(=O)c1sc(NC(=O)/C=C/c2ccc(OC)c(OC)c2)c(C#N)c1C. The highest BCUT2D eigenvalue weighted by molar-refractivity contribution is 7.18. The van der Waals surface area contributed by atoms with E-state index in [1.54, 1.807) is 45.2 Å². The standard InChI is InChI=1S/C20H20N2O5S/c1-5-27-20(24)18-12(2)14(11-21)19(28-18)22-17(23)9-7-13-6-8-15(25-3)16(10-13)26-4/h6-10H,5H2,1-4H3,(H,22,23)/b9-7+. The summed E-state index contributed by atoms with van der Waals surface area (Å²) < 4.78 is 15.4. The van der Waals surface area contributed by atoms with E-state index in [2.05, 4.69) is 5.32 Å². The zero-order chi connectivity index (χ0) is 20.7. The summed E-state index contributed by atoms with van der Waals surface area (Å²) in [5, 5.41) is 12.3. The van der Waals surface area contributed by atoms with Gasteiger partial charge in [-0.25, -0.2) is 4.79 Å². The largest absolute Gasteiger partial charge is 0.493 e. The first kappa shape index (κ1) is 21.0. The fourth-order valence-corrected chi connectivity index (χ4v) is 3.46. The number of hydrogen-bond donors (Lipinski definition) is 1. The number of benzene rings is 1. The predicted octanol–water partition coefficient (Wildman–Crippen LogP) is 3.77. The van der Waals surface area contributed by atoms with Crippen LogP contribution in [0.25, 0.3) is 6.08 Å². The van der Waals surface area contributed by atoms with Gasteiger partial charge in [0, 0.05) is 6.08 Å². The van der Waals surface area contributed by atoms with E-state index in [-0.39, 0.29) is 12.2 Å². The van der Waals surface area contributed by atoms with Gasteiger partial charge in [-0.3, -0.25) is 4.79 Å². The molecular formula is C20H20N2O5S. The van der Waals surface area contributed by atoms with Gasteiger partial charge in [0.25, 0.3) is 0 Å². The van der Waals surface area contributed by atoms with Crippen LogP contribution in [-0.2, 0) is 9.53 Å². The second-order valence-corrected chi connectivity index (χ2v) is 6.55. The van der Waals surface area contributed by atoms with Crippen molar-refractivity contribution in [2.45, 2.75) is 13.8 Å². The number of nitriles is 1. The molecule has 0 saturated carbocycles. The number of nitrogens with zero attached hydrogens (tertiary/aromatic N) is 1. The molecule has 2 rings (SSSR count). The van der Waals surface area contributed by atoms with Gasteiger partial charge in [-0.15, -0.1) is 11.3 Å². The molecule has 8 heteroatoms. The Morgan fingerprint density at radius 2 is 1.96 bits per heavy atom. The molecule has 146 valence electrons. The third kappa shape index (κ3) is 4.69. The minimum Gasteiger partial charge on any atom is -0.493 e. The fourth-order valence-electron chi connectivity index (χ4n) is 2.41. The summed E-state index contributed by atoms with van der Waals surface area (Å²) in [4.78, 5) is 24.6. The molecule has 1 aromatic heterocycles. The number of rotatable bonds is 7. The van der Waals surface area contributed by atoms with E-state index >= 15 is 0 Å². The Balaban J connectivity index is 2.19. The lowest BCUT2D eigenvalue weighted by molar-refractivity contribution is -0.111. The van der Waals surface area contributed by atoms with Crippen molar-refractivity contribution in [3.05, 3.63) is 45.8 Å². The van der Waals surface area contributed by atoms with Gasteiger partial charge >= 0.3 is 5.97 Å². The molecule has 0 radical (unpaired) electrons. The predicted molar refractivity (Wildman–Crippen MR) is 107 cm³/mol. The van der Waals surface area contributed by atoms with E-state index in [0.717, 1.165) is 16.9 Å². The summed E-state index contributed by atoms with van der Waals surface area (Å²) in [6.07, 6.45) is 2.94. The number of hydrogen-bond acceptors (Lipinski definition) is 7. The molecule has 0 aliphatic rings. The van der Waals surface area contributed by atoms with Gasteiger partial charge in [0.15, 0.2) is 11.5 Å². The molecule has 1 heterocycles. The minimum atomic E-state index is -0.511. The number of thiophene rings is 1. The number of carbonyl (C=O) groups excluding carboxylic acids is 2. The molecule has 0 aliphatic heterocycles. The smallest absolute Gasteiger partial charge is 0.348 e. The number of carbonyl (C=O) groups is 2. The molecule has 0 saturated heterocycles. The molecule has 0 aliphatic carbocycles. The lowest BCUT2D eigenvalue weighted by Crippen LogP contribution is -2.07. The van der Waals surface area contributed by atoms with E-state index in [1.807, 2.05) is 6.07 Å². The minimum absolute atomic E-state index is 0.230. The van der Waals surface area contributed by atoms with Gasteiger partial charge in [-0.05, 0) is 43.2 Å². The molecule has 1 N–H and O–H groups in total. The van der Waals surface area contributed by atoms with Crippen LogP contribution in [0.15, 0.2) is 24.3 Å². The van der Waals surface area contributed by atoms with Gasteiger partial charge in [0.05, 0.1) is 26.4 Å². The molecular weight excluding hydrogens is 380 g/mol. The molecule has 28 heavy (non-hydrogen) atoms. The van der Waals surface area contributed by atoms with Crippen molar-refractivity contribution < 1.29 is 23.8 Å². The normalized spacial score (nSPS) is 10.4. The molecule has 0 unspecified atom stereocenters. The Morgan fingerprint density at radius 3 is 2.57 bits per heavy atom. The number of nitrogens with one attached hydrogen (secondary N) is 1. The molecule has 0 bridgehead atoms. The van der Waals surface area contributed by atoms with E-state index in [1.165, 1.54) is 13.2 Å². The summed E-state index contributed by atoms with van der Waals surface area (Å²) in [5.74, 6) is 0.193.